The lowest BCUT2D eigenvalue weighted by atomic mass is 10.2. The summed E-state index contributed by atoms with van der Waals surface area (Å²) in [6.07, 6.45) is 1.61. The predicted octanol–water partition coefficient (Wildman–Crippen LogP) is 2.71. The minimum absolute atomic E-state index is 0. The summed E-state index contributed by atoms with van der Waals surface area (Å²) in [5.74, 6) is -0.119. The molecule has 1 aromatic carbocycles. The first kappa shape index (κ1) is 17.9. The number of ether oxygens (including phenoxy) is 1. The van der Waals surface area contributed by atoms with Crippen LogP contribution in [0.4, 0.5) is 5.69 Å². The second-order valence-electron chi connectivity index (χ2n) is 4.26. The van der Waals surface area contributed by atoms with E-state index in [0.29, 0.717) is 13.2 Å². The van der Waals surface area contributed by atoms with E-state index in [9.17, 15) is 4.79 Å². The lowest BCUT2D eigenvalue weighted by Crippen LogP contribution is -2.28. The van der Waals surface area contributed by atoms with Gasteiger partial charge in [-0.25, -0.2) is 0 Å². The van der Waals surface area contributed by atoms with Gasteiger partial charge in [-0.05, 0) is 31.0 Å². The van der Waals surface area contributed by atoms with Gasteiger partial charge in [0.25, 0.3) is 5.91 Å². The molecule has 0 saturated carbocycles. The molecule has 0 heterocycles. The van der Waals surface area contributed by atoms with Crippen LogP contribution in [-0.2, 0) is 16.1 Å². The fraction of sp³-hybridized carbons (Fsp3) is 0.500. The van der Waals surface area contributed by atoms with E-state index in [0.717, 1.165) is 24.1 Å². The average molecular weight is 287 g/mol. The summed E-state index contributed by atoms with van der Waals surface area (Å²) in [6, 6.07) is 7.49. The second-order valence-corrected chi connectivity index (χ2v) is 4.26. The maximum Gasteiger partial charge on any atom is 0.253 e. The van der Waals surface area contributed by atoms with Crippen molar-refractivity contribution in [2.75, 3.05) is 11.9 Å². The van der Waals surface area contributed by atoms with E-state index in [1.807, 2.05) is 24.3 Å². The van der Waals surface area contributed by atoms with Crippen molar-refractivity contribution in [1.29, 1.82) is 0 Å². The first-order chi connectivity index (χ1) is 8.67. The van der Waals surface area contributed by atoms with Crippen LogP contribution < -0.4 is 11.1 Å². The van der Waals surface area contributed by atoms with E-state index in [-0.39, 0.29) is 18.3 Å². The Morgan fingerprint density at radius 2 is 2.00 bits per heavy atom. The number of benzene rings is 1. The van der Waals surface area contributed by atoms with Gasteiger partial charge in [-0.3, -0.25) is 4.79 Å². The molecule has 0 aromatic heterocycles. The quantitative estimate of drug-likeness (QED) is 0.758. The summed E-state index contributed by atoms with van der Waals surface area (Å²) >= 11 is 0. The third-order valence-corrected chi connectivity index (χ3v) is 2.69. The van der Waals surface area contributed by atoms with Gasteiger partial charge in [-0.1, -0.05) is 25.5 Å². The Kier molecular flexibility index (Phi) is 9.21. The second kappa shape index (κ2) is 9.78. The van der Waals surface area contributed by atoms with E-state index in [1.54, 1.807) is 6.92 Å². The molecule has 1 unspecified atom stereocenters. The number of halogens is 1. The first-order valence-corrected chi connectivity index (χ1v) is 6.38. The molecule has 19 heavy (non-hydrogen) atoms. The average Bonchev–Trinajstić information content (AvgIpc) is 2.39. The van der Waals surface area contributed by atoms with Crippen molar-refractivity contribution in [2.45, 2.75) is 39.3 Å². The Bertz CT molecular complexity index is 368. The monoisotopic (exact) mass is 286 g/mol. The van der Waals surface area contributed by atoms with Gasteiger partial charge in [0.2, 0.25) is 0 Å². The zero-order chi connectivity index (χ0) is 13.4. The highest BCUT2D eigenvalue weighted by atomic mass is 35.5. The maximum atomic E-state index is 11.8. The Balaban J connectivity index is 0.00000324. The van der Waals surface area contributed by atoms with Gasteiger partial charge in [-0.2, -0.15) is 0 Å². The molecule has 0 aliphatic heterocycles. The molecule has 3 N–H and O–H groups in total. The van der Waals surface area contributed by atoms with Crippen LogP contribution in [-0.4, -0.2) is 18.6 Å². The molecule has 0 saturated heterocycles. The standard InChI is InChI=1S/C14H22N2O2.ClH/c1-3-4-9-18-11(2)14(17)16-13-7-5-12(10-15)6-8-13;/h5-8,11H,3-4,9-10,15H2,1-2H3,(H,16,17);1H. The number of amides is 1. The summed E-state index contributed by atoms with van der Waals surface area (Å²) in [7, 11) is 0. The van der Waals surface area contributed by atoms with Gasteiger partial charge in [0.05, 0.1) is 0 Å². The van der Waals surface area contributed by atoms with Crippen molar-refractivity contribution in [3.05, 3.63) is 29.8 Å². The van der Waals surface area contributed by atoms with Crippen LogP contribution >= 0.6 is 12.4 Å². The summed E-state index contributed by atoms with van der Waals surface area (Å²) in [4.78, 5) is 11.8. The Hall–Kier alpha value is -1.10. The van der Waals surface area contributed by atoms with E-state index in [2.05, 4.69) is 12.2 Å². The molecular formula is C14H23ClN2O2. The van der Waals surface area contributed by atoms with Crippen LogP contribution in [0.1, 0.15) is 32.3 Å². The summed E-state index contributed by atoms with van der Waals surface area (Å²) < 4.78 is 5.43. The largest absolute Gasteiger partial charge is 0.369 e. The lowest BCUT2D eigenvalue weighted by Gasteiger charge is -2.13. The minimum Gasteiger partial charge on any atom is -0.369 e. The maximum absolute atomic E-state index is 11.8. The molecule has 5 heteroatoms. The van der Waals surface area contributed by atoms with Crippen LogP contribution in [0.25, 0.3) is 0 Å². The van der Waals surface area contributed by atoms with Crippen molar-refractivity contribution >= 4 is 24.0 Å². The van der Waals surface area contributed by atoms with Gasteiger partial charge < -0.3 is 15.8 Å². The molecular weight excluding hydrogens is 264 g/mol. The highest BCUT2D eigenvalue weighted by Crippen LogP contribution is 2.10. The normalized spacial score (nSPS) is 11.5. The first-order valence-electron chi connectivity index (χ1n) is 6.38. The van der Waals surface area contributed by atoms with Crippen molar-refractivity contribution in [3.63, 3.8) is 0 Å². The van der Waals surface area contributed by atoms with Crippen molar-refractivity contribution < 1.29 is 9.53 Å². The van der Waals surface area contributed by atoms with E-state index in [1.165, 1.54) is 0 Å². The minimum atomic E-state index is -0.425. The molecule has 0 radical (unpaired) electrons. The van der Waals surface area contributed by atoms with Crippen LogP contribution in [0.5, 0.6) is 0 Å². The smallest absolute Gasteiger partial charge is 0.253 e. The van der Waals surface area contributed by atoms with Gasteiger partial charge >= 0.3 is 0 Å². The number of carbonyl (C=O) groups is 1. The third kappa shape index (κ3) is 6.57. The molecule has 0 aliphatic carbocycles. The lowest BCUT2D eigenvalue weighted by molar-refractivity contribution is -0.126. The van der Waals surface area contributed by atoms with Crippen LogP contribution in [0.3, 0.4) is 0 Å². The number of nitrogens with one attached hydrogen (secondary N) is 1. The highest BCUT2D eigenvalue weighted by Gasteiger charge is 2.12. The molecule has 0 spiro atoms. The summed E-state index contributed by atoms with van der Waals surface area (Å²) in [5, 5.41) is 2.82. The zero-order valence-corrected chi connectivity index (χ0v) is 12.3. The molecule has 0 bridgehead atoms. The summed E-state index contributed by atoms with van der Waals surface area (Å²) in [6.45, 7) is 4.98. The fourth-order valence-corrected chi connectivity index (χ4v) is 1.45. The molecule has 1 aromatic rings. The molecule has 1 rings (SSSR count). The van der Waals surface area contributed by atoms with Crippen molar-refractivity contribution in [1.82, 2.24) is 0 Å². The molecule has 4 nitrogen and oxygen atoms in total. The Labute approximate surface area is 121 Å². The third-order valence-electron chi connectivity index (χ3n) is 2.69. The van der Waals surface area contributed by atoms with Gasteiger partial charge in [0.15, 0.2) is 0 Å². The van der Waals surface area contributed by atoms with Gasteiger partial charge in [-0.15, -0.1) is 12.4 Å². The van der Waals surface area contributed by atoms with Crippen molar-refractivity contribution in [2.24, 2.45) is 5.73 Å². The molecule has 1 amide bonds. The number of unbranched alkanes of at least 4 members (excludes halogenated alkanes) is 1. The Morgan fingerprint density at radius 1 is 1.37 bits per heavy atom. The van der Waals surface area contributed by atoms with Crippen molar-refractivity contribution in [3.8, 4) is 0 Å². The molecule has 1 atom stereocenters. The predicted molar refractivity (Wildman–Crippen MR) is 80.5 cm³/mol. The van der Waals surface area contributed by atoms with Gasteiger partial charge in [0.1, 0.15) is 6.10 Å². The van der Waals surface area contributed by atoms with Gasteiger partial charge in [0, 0.05) is 18.8 Å². The summed E-state index contributed by atoms with van der Waals surface area (Å²) in [5.41, 5.74) is 7.32. The van der Waals surface area contributed by atoms with E-state index < -0.39 is 6.10 Å². The number of anilines is 1. The van der Waals surface area contributed by atoms with Crippen LogP contribution in [0.2, 0.25) is 0 Å². The fourth-order valence-electron chi connectivity index (χ4n) is 1.45. The molecule has 0 fully saturated rings. The number of rotatable bonds is 7. The number of nitrogens with two attached hydrogens (primary N) is 1. The van der Waals surface area contributed by atoms with Crippen LogP contribution in [0, 0.1) is 0 Å². The van der Waals surface area contributed by atoms with E-state index in [4.69, 9.17) is 10.5 Å². The number of hydrogen-bond acceptors (Lipinski definition) is 3. The number of carbonyl (C=O) groups excluding carboxylic acids is 1. The van der Waals surface area contributed by atoms with Crippen LogP contribution in [0.15, 0.2) is 24.3 Å². The number of hydrogen-bond donors (Lipinski definition) is 2. The van der Waals surface area contributed by atoms with E-state index >= 15 is 0 Å². The topological polar surface area (TPSA) is 64.3 Å². The molecule has 108 valence electrons. The Morgan fingerprint density at radius 3 is 2.53 bits per heavy atom. The molecule has 0 aliphatic rings. The highest BCUT2D eigenvalue weighted by molar-refractivity contribution is 5.93. The SMILES string of the molecule is CCCCOC(C)C(=O)Nc1ccc(CN)cc1.Cl. The zero-order valence-electron chi connectivity index (χ0n) is 11.5.